The number of allylic oxidation sites excluding steroid dienone is 1. The number of aliphatic hydroxyl groups is 1. The summed E-state index contributed by atoms with van der Waals surface area (Å²) in [4.78, 5) is 0. The van der Waals surface area contributed by atoms with Crippen LogP contribution in [0.2, 0.25) is 0 Å². The fourth-order valence-corrected chi connectivity index (χ4v) is 2.25. The maximum absolute atomic E-state index is 8.71. The van der Waals surface area contributed by atoms with Crippen LogP contribution in [0, 0.1) is 6.92 Å². The monoisotopic (exact) mass is 252 g/mol. The molecule has 0 spiro atoms. The van der Waals surface area contributed by atoms with Crippen molar-refractivity contribution in [2.45, 2.75) is 19.8 Å². The van der Waals surface area contributed by atoms with Crippen molar-refractivity contribution in [3.05, 3.63) is 71.8 Å². The van der Waals surface area contributed by atoms with Crippen molar-refractivity contribution in [2.75, 3.05) is 6.61 Å². The maximum atomic E-state index is 8.71. The van der Waals surface area contributed by atoms with Crippen LogP contribution in [-0.2, 0) is 6.42 Å². The first-order chi connectivity index (χ1) is 9.29. The molecule has 0 aliphatic carbocycles. The van der Waals surface area contributed by atoms with Crippen LogP contribution in [0.15, 0.2) is 60.7 Å². The lowest BCUT2D eigenvalue weighted by Crippen LogP contribution is -1.88. The number of rotatable bonds is 5. The van der Waals surface area contributed by atoms with Gasteiger partial charge in [-0.3, -0.25) is 0 Å². The maximum Gasteiger partial charge on any atom is 0.0612 e. The molecular formula is C18H20O. The summed E-state index contributed by atoms with van der Waals surface area (Å²) in [5.74, 6) is 0. The summed E-state index contributed by atoms with van der Waals surface area (Å²) in [5.41, 5.74) is 5.18. The summed E-state index contributed by atoms with van der Waals surface area (Å²) in [6, 6.07) is 17.2. The minimum absolute atomic E-state index is 0.128. The molecule has 0 amide bonds. The topological polar surface area (TPSA) is 20.2 Å². The molecule has 0 saturated heterocycles. The average Bonchev–Trinajstić information content (AvgIpc) is 2.44. The van der Waals surface area contributed by atoms with Crippen LogP contribution >= 0.6 is 0 Å². The van der Waals surface area contributed by atoms with Gasteiger partial charge in [-0.15, -0.1) is 0 Å². The molecule has 19 heavy (non-hydrogen) atoms. The van der Waals surface area contributed by atoms with Crippen molar-refractivity contribution in [2.24, 2.45) is 0 Å². The Morgan fingerprint density at radius 2 is 1.74 bits per heavy atom. The van der Waals surface area contributed by atoms with E-state index in [4.69, 9.17) is 5.11 Å². The minimum Gasteiger partial charge on any atom is -0.392 e. The molecule has 0 aliphatic rings. The van der Waals surface area contributed by atoms with Gasteiger partial charge in [-0.25, -0.2) is 0 Å². The molecule has 0 heterocycles. The third-order valence-electron chi connectivity index (χ3n) is 3.12. The molecule has 98 valence electrons. The zero-order valence-corrected chi connectivity index (χ0v) is 11.3. The predicted octanol–water partition coefficient (Wildman–Crippen LogP) is 4.14. The summed E-state index contributed by atoms with van der Waals surface area (Å²) in [6.07, 6.45) is 5.81. The van der Waals surface area contributed by atoms with E-state index in [0.29, 0.717) is 0 Å². The van der Waals surface area contributed by atoms with Gasteiger partial charge in [-0.2, -0.15) is 0 Å². The first-order valence-electron chi connectivity index (χ1n) is 6.71. The van der Waals surface area contributed by atoms with E-state index in [1.807, 2.05) is 12.1 Å². The van der Waals surface area contributed by atoms with Crippen LogP contribution in [-0.4, -0.2) is 11.7 Å². The highest BCUT2D eigenvalue weighted by Crippen LogP contribution is 2.22. The highest BCUT2D eigenvalue weighted by molar-refractivity contribution is 5.65. The second-order valence-corrected chi connectivity index (χ2v) is 4.77. The van der Waals surface area contributed by atoms with Gasteiger partial charge in [0.25, 0.3) is 0 Å². The second kappa shape index (κ2) is 6.91. The first kappa shape index (κ1) is 13.6. The molecule has 0 bridgehead atoms. The van der Waals surface area contributed by atoms with E-state index >= 15 is 0 Å². The van der Waals surface area contributed by atoms with Crippen LogP contribution in [0.3, 0.4) is 0 Å². The lowest BCUT2D eigenvalue weighted by Gasteiger charge is -2.07. The van der Waals surface area contributed by atoms with Gasteiger partial charge in [-0.1, -0.05) is 66.2 Å². The first-order valence-corrected chi connectivity index (χ1v) is 6.71. The number of aliphatic hydroxyl groups excluding tert-OH is 1. The fourth-order valence-electron chi connectivity index (χ4n) is 2.25. The molecule has 0 aliphatic heterocycles. The largest absolute Gasteiger partial charge is 0.392 e. The third-order valence-corrected chi connectivity index (χ3v) is 3.12. The Morgan fingerprint density at radius 3 is 2.47 bits per heavy atom. The molecule has 0 atom stereocenters. The van der Waals surface area contributed by atoms with Gasteiger partial charge in [0, 0.05) is 0 Å². The van der Waals surface area contributed by atoms with Crippen molar-refractivity contribution in [3.8, 4) is 11.1 Å². The van der Waals surface area contributed by atoms with Gasteiger partial charge in [0.15, 0.2) is 0 Å². The molecule has 0 unspecified atom stereocenters. The molecule has 0 aromatic heterocycles. The quantitative estimate of drug-likeness (QED) is 0.793. The summed E-state index contributed by atoms with van der Waals surface area (Å²) < 4.78 is 0. The van der Waals surface area contributed by atoms with Crippen LogP contribution in [0.5, 0.6) is 0 Å². The Hall–Kier alpha value is -1.86. The molecule has 0 saturated carbocycles. The van der Waals surface area contributed by atoms with Crippen molar-refractivity contribution in [1.82, 2.24) is 0 Å². The highest BCUT2D eigenvalue weighted by atomic mass is 16.2. The smallest absolute Gasteiger partial charge is 0.0612 e. The summed E-state index contributed by atoms with van der Waals surface area (Å²) >= 11 is 0. The number of hydrogen-bond donors (Lipinski definition) is 1. The van der Waals surface area contributed by atoms with E-state index in [0.717, 1.165) is 12.8 Å². The molecule has 0 radical (unpaired) electrons. The number of hydrogen-bond acceptors (Lipinski definition) is 1. The molecular weight excluding hydrogens is 232 g/mol. The van der Waals surface area contributed by atoms with Gasteiger partial charge >= 0.3 is 0 Å². The Morgan fingerprint density at radius 1 is 0.947 bits per heavy atom. The minimum atomic E-state index is 0.128. The highest BCUT2D eigenvalue weighted by Gasteiger charge is 2.00. The lowest BCUT2D eigenvalue weighted by molar-refractivity contribution is 0.342. The zero-order chi connectivity index (χ0) is 13.5. The third kappa shape index (κ3) is 4.08. The SMILES string of the molecule is Cc1cc(CCC=CCO)cc(-c2ccccc2)c1. The van der Waals surface area contributed by atoms with Gasteiger partial charge in [-0.05, 0) is 36.5 Å². The Labute approximate surface area is 115 Å². The van der Waals surface area contributed by atoms with Crippen molar-refractivity contribution >= 4 is 0 Å². The van der Waals surface area contributed by atoms with Crippen molar-refractivity contribution < 1.29 is 5.11 Å². The Balaban J connectivity index is 2.18. The predicted molar refractivity (Wildman–Crippen MR) is 81.2 cm³/mol. The van der Waals surface area contributed by atoms with Crippen molar-refractivity contribution in [1.29, 1.82) is 0 Å². The molecule has 1 N–H and O–H groups in total. The fraction of sp³-hybridized carbons (Fsp3) is 0.222. The molecule has 1 heteroatoms. The van der Waals surface area contributed by atoms with Gasteiger partial charge in [0.05, 0.1) is 6.61 Å². The zero-order valence-electron chi connectivity index (χ0n) is 11.3. The average molecular weight is 252 g/mol. The lowest BCUT2D eigenvalue weighted by atomic mass is 9.98. The number of benzene rings is 2. The van der Waals surface area contributed by atoms with Gasteiger partial charge in [0.2, 0.25) is 0 Å². The van der Waals surface area contributed by atoms with E-state index in [1.165, 1.54) is 22.3 Å². The van der Waals surface area contributed by atoms with Gasteiger partial charge in [0.1, 0.15) is 0 Å². The Bertz CT molecular complexity index is 541. The molecule has 0 fully saturated rings. The standard InChI is InChI=1S/C18H20O/c1-15-12-16(8-4-3-7-11-19)14-18(13-15)17-9-5-2-6-10-17/h2-3,5-7,9-10,12-14,19H,4,8,11H2,1H3. The van der Waals surface area contributed by atoms with Crippen LogP contribution in [0.1, 0.15) is 17.5 Å². The van der Waals surface area contributed by atoms with Crippen LogP contribution < -0.4 is 0 Å². The summed E-state index contributed by atoms with van der Waals surface area (Å²) in [6.45, 7) is 2.27. The van der Waals surface area contributed by atoms with E-state index in [2.05, 4.69) is 49.4 Å². The Kier molecular flexibility index (Phi) is 4.93. The van der Waals surface area contributed by atoms with Gasteiger partial charge < -0.3 is 5.11 Å². The summed E-state index contributed by atoms with van der Waals surface area (Å²) in [7, 11) is 0. The van der Waals surface area contributed by atoms with E-state index < -0.39 is 0 Å². The molecule has 2 rings (SSSR count). The normalized spacial score (nSPS) is 11.1. The van der Waals surface area contributed by atoms with E-state index in [9.17, 15) is 0 Å². The van der Waals surface area contributed by atoms with Crippen LogP contribution in [0.4, 0.5) is 0 Å². The molecule has 1 nitrogen and oxygen atoms in total. The second-order valence-electron chi connectivity index (χ2n) is 4.77. The number of aryl methyl sites for hydroxylation is 2. The van der Waals surface area contributed by atoms with Crippen LogP contribution in [0.25, 0.3) is 11.1 Å². The summed E-state index contributed by atoms with van der Waals surface area (Å²) in [5, 5.41) is 8.71. The van der Waals surface area contributed by atoms with E-state index in [-0.39, 0.29) is 6.61 Å². The van der Waals surface area contributed by atoms with E-state index in [1.54, 1.807) is 6.08 Å². The molecule has 2 aromatic rings. The molecule has 2 aromatic carbocycles. The van der Waals surface area contributed by atoms with Crippen molar-refractivity contribution in [3.63, 3.8) is 0 Å².